The Morgan fingerprint density at radius 3 is 2.65 bits per heavy atom. The monoisotopic (exact) mass is 272 g/mol. The summed E-state index contributed by atoms with van der Waals surface area (Å²) in [4.78, 5) is 2.38. The van der Waals surface area contributed by atoms with Crippen LogP contribution >= 0.6 is 0 Å². The van der Waals surface area contributed by atoms with Crippen molar-refractivity contribution in [1.29, 1.82) is 0 Å². The average Bonchev–Trinajstić information content (AvgIpc) is 2.89. The summed E-state index contributed by atoms with van der Waals surface area (Å²) in [6.07, 6.45) is 1.95. The van der Waals surface area contributed by atoms with Gasteiger partial charge in [0.05, 0.1) is 24.7 Å². The lowest BCUT2D eigenvalue weighted by Gasteiger charge is -2.28. The van der Waals surface area contributed by atoms with Crippen molar-refractivity contribution in [3.05, 3.63) is 36.2 Å². The smallest absolute Gasteiger partial charge is 0.144 e. The summed E-state index contributed by atoms with van der Waals surface area (Å²) in [5.41, 5.74) is 3.34. The minimum atomic E-state index is 0.838. The zero-order valence-corrected chi connectivity index (χ0v) is 12.0. The molecule has 2 heterocycles. The van der Waals surface area contributed by atoms with Gasteiger partial charge in [0, 0.05) is 26.2 Å². The van der Waals surface area contributed by atoms with Crippen LogP contribution in [0.5, 0.6) is 5.75 Å². The maximum atomic E-state index is 5.43. The molecule has 106 valence electrons. The fraction of sp³-hybridized carbons (Fsp3) is 0.400. The molecule has 5 nitrogen and oxygen atoms in total. The first-order valence-corrected chi connectivity index (χ1v) is 6.95. The number of ether oxygens (including phenoxy) is 1. The Morgan fingerprint density at radius 1 is 1.15 bits per heavy atom. The molecule has 0 atom stereocenters. The first-order valence-electron chi connectivity index (χ1n) is 6.95. The normalized spacial score (nSPS) is 15.4. The van der Waals surface area contributed by atoms with E-state index < -0.39 is 0 Å². The van der Waals surface area contributed by atoms with Crippen LogP contribution in [0.4, 0.5) is 5.69 Å². The van der Waals surface area contributed by atoms with Gasteiger partial charge in [0.2, 0.25) is 0 Å². The van der Waals surface area contributed by atoms with Crippen LogP contribution in [-0.4, -0.2) is 43.1 Å². The Morgan fingerprint density at radius 2 is 1.90 bits per heavy atom. The van der Waals surface area contributed by atoms with Gasteiger partial charge in [-0.1, -0.05) is 12.1 Å². The van der Waals surface area contributed by atoms with E-state index in [2.05, 4.69) is 22.2 Å². The lowest BCUT2D eigenvalue weighted by Crippen LogP contribution is -2.43. The zero-order chi connectivity index (χ0) is 13.9. The Hall–Kier alpha value is -2.01. The zero-order valence-electron chi connectivity index (χ0n) is 12.0. The van der Waals surface area contributed by atoms with Gasteiger partial charge in [0.1, 0.15) is 11.4 Å². The van der Waals surface area contributed by atoms with Crippen LogP contribution in [0.25, 0.3) is 5.69 Å². The predicted molar refractivity (Wildman–Crippen MR) is 79.9 cm³/mol. The lowest BCUT2D eigenvalue weighted by molar-refractivity contribution is 0.411. The second-order valence-electron chi connectivity index (χ2n) is 4.94. The number of hydrogen-bond donors (Lipinski definition) is 1. The minimum Gasteiger partial charge on any atom is -0.494 e. The van der Waals surface area contributed by atoms with Gasteiger partial charge in [-0.3, -0.25) is 0 Å². The highest BCUT2D eigenvalue weighted by Gasteiger charge is 2.17. The molecule has 0 saturated carbocycles. The summed E-state index contributed by atoms with van der Waals surface area (Å²) >= 11 is 0. The van der Waals surface area contributed by atoms with Crippen LogP contribution in [0.2, 0.25) is 0 Å². The SMILES string of the molecule is COc1ccccc1-n1ncc(N2CCNCC2)c1C. The number of para-hydroxylation sites is 2. The maximum Gasteiger partial charge on any atom is 0.144 e. The fourth-order valence-electron chi connectivity index (χ4n) is 2.66. The van der Waals surface area contributed by atoms with E-state index in [4.69, 9.17) is 4.74 Å². The van der Waals surface area contributed by atoms with Crippen LogP contribution in [0.1, 0.15) is 5.69 Å². The van der Waals surface area contributed by atoms with Crippen molar-refractivity contribution in [3.8, 4) is 11.4 Å². The summed E-state index contributed by atoms with van der Waals surface area (Å²) in [7, 11) is 1.69. The van der Waals surface area contributed by atoms with Crippen molar-refractivity contribution in [3.63, 3.8) is 0 Å². The van der Waals surface area contributed by atoms with Crippen LogP contribution < -0.4 is 15.0 Å². The number of nitrogens with zero attached hydrogens (tertiary/aromatic N) is 3. The highest BCUT2D eigenvalue weighted by molar-refractivity contribution is 5.55. The molecule has 5 heteroatoms. The second kappa shape index (κ2) is 5.54. The van der Waals surface area contributed by atoms with E-state index in [0.29, 0.717) is 0 Å². The predicted octanol–water partition coefficient (Wildman–Crippen LogP) is 1.60. The van der Waals surface area contributed by atoms with Crippen LogP contribution in [0.3, 0.4) is 0 Å². The summed E-state index contributed by atoms with van der Waals surface area (Å²) in [5, 5.41) is 7.92. The quantitative estimate of drug-likeness (QED) is 0.921. The molecule has 1 aromatic carbocycles. The molecule has 1 aliphatic heterocycles. The third kappa shape index (κ3) is 2.25. The number of anilines is 1. The van der Waals surface area contributed by atoms with Gasteiger partial charge < -0.3 is 15.0 Å². The summed E-state index contributed by atoms with van der Waals surface area (Å²) in [6, 6.07) is 7.96. The van der Waals surface area contributed by atoms with Crippen LogP contribution in [-0.2, 0) is 0 Å². The van der Waals surface area contributed by atoms with E-state index >= 15 is 0 Å². The van der Waals surface area contributed by atoms with Crippen LogP contribution in [0.15, 0.2) is 30.5 Å². The Kier molecular flexibility index (Phi) is 3.60. The minimum absolute atomic E-state index is 0.838. The molecule has 2 aromatic rings. The summed E-state index contributed by atoms with van der Waals surface area (Å²) in [6.45, 7) is 6.21. The van der Waals surface area contributed by atoms with E-state index in [1.165, 1.54) is 5.69 Å². The number of rotatable bonds is 3. The van der Waals surface area contributed by atoms with Crippen molar-refractivity contribution in [1.82, 2.24) is 15.1 Å². The Labute approximate surface area is 119 Å². The third-order valence-electron chi connectivity index (χ3n) is 3.75. The molecule has 1 aliphatic rings. The van der Waals surface area contributed by atoms with Gasteiger partial charge >= 0.3 is 0 Å². The van der Waals surface area contributed by atoms with Crippen molar-refractivity contribution in [2.24, 2.45) is 0 Å². The van der Waals surface area contributed by atoms with Crippen molar-refractivity contribution in [2.45, 2.75) is 6.92 Å². The molecule has 0 aliphatic carbocycles. The number of methoxy groups -OCH3 is 1. The standard InChI is InChI=1S/C15H20N4O/c1-12-14(18-9-7-16-8-10-18)11-17-19(12)13-5-3-4-6-15(13)20-2/h3-6,11,16H,7-10H2,1-2H3. The Bertz CT molecular complexity index is 587. The molecule has 3 rings (SSSR count). The van der Waals surface area contributed by atoms with Gasteiger partial charge in [-0.05, 0) is 19.1 Å². The van der Waals surface area contributed by atoms with Gasteiger partial charge in [-0.15, -0.1) is 0 Å². The number of piperazine rings is 1. The topological polar surface area (TPSA) is 42.3 Å². The van der Waals surface area contributed by atoms with Gasteiger partial charge in [0.25, 0.3) is 0 Å². The first kappa shape index (κ1) is 13.0. The number of benzene rings is 1. The molecule has 0 spiro atoms. The largest absolute Gasteiger partial charge is 0.494 e. The highest BCUT2D eigenvalue weighted by atomic mass is 16.5. The van der Waals surface area contributed by atoms with E-state index in [1.807, 2.05) is 35.1 Å². The number of aromatic nitrogens is 2. The number of hydrogen-bond acceptors (Lipinski definition) is 4. The van der Waals surface area contributed by atoms with E-state index in [0.717, 1.165) is 43.3 Å². The molecule has 0 unspecified atom stereocenters. The van der Waals surface area contributed by atoms with Crippen molar-refractivity contribution in [2.75, 3.05) is 38.2 Å². The Balaban J connectivity index is 1.97. The van der Waals surface area contributed by atoms with E-state index in [1.54, 1.807) is 7.11 Å². The molecular formula is C15H20N4O. The molecule has 20 heavy (non-hydrogen) atoms. The van der Waals surface area contributed by atoms with Crippen molar-refractivity contribution >= 4 is 5.69 Å². The highest BCUT2D eigenvalue weighted by Crippen LogP contribution is 2.27. The lowest BCUT2D eigenvalue weighted by atomic mass is 10.2. The number of nitrogens with one attached hydrogen (secondary N) is 1. The molecule has 1 N–H and O–H groups in total. The molecule has 1 saturated heterocycles. The average molecular weight is 272 g/mol. The molecule has 0 radical (unpaired) electrons. The molecule has 0 bridgehead atoms. The summed E-state index contributed by atoms with van der Waals surface area (Å²) < 4.78 is 7.38. The van der Waals surface area contributed by atoms with Crippen molar-refractivity contribution < 1.29 is 4.74 Å². The van der Waals surface area contributed by atoms with E-state index in [-0.39, 0.29) is 0 Å². The van der Waals surface area contributed by atoms with Gasteiger partial charge in [-0.25, -0.2) is 4.68 Å². The van der Waals surface area contributed by atoms with E-state index in [9.17, 15) is 0 Å². The molecule has 1 aromatic heterocycles. The molecule has 1 fully saturated rings. The maximum absolute atomic E-state index is 5.43. The fourth-order valence-corrected chi connectivity index (χ4v) is 2.66. The third-order valence-corrected chi connectivity index (χ3v) is 3.75. The first-order chi connectivity index (χ1) is 9.81. The molecule has 0 amide bonds. The molecular weight excluding hydrogens is 252 g/mol. The summed E-state index contributed by atoms with van der Waals surface area (Å²) in [5.74, 6) is 0.838. The van der Waals surface area contributed by atoms with Crippen LogP contribution in [0, 0.1) is 6.92 Å². The second-order valence-corrected chi connectivity index (χ2v) is 4.94. The van der Waals surface area contributed by atoms with Gasteiger partial charge in [0.15, 0.2) is 0 Å². The van der Waals surface area contributed by atoms with Gasteiger partial charge in [-0.2, -0.15) is 5.10 Å².